The Bertz CT molecular complexity index is 2130. The summed E-state index contributed by atoms with van der Waals surface area (Å²) in [5, 5.41) is 18.2. The zero-order chi connectivity index (χ0) is 37.3. The van der Waals surface area contributed by atoms with Gasteiger partial charge in [-0.05, 0) is 79.6 Å². The fourth-order valence-electron chi connectivity index (χ4n) is 8.31. The summed E-state index contributed by atoms with van der Waals surface area (Å²) in [5.74, 6) is -1.16. The van der Waals surface area contributed by atoms with E-state index in [4.69, 9.17) is 18.4 Å². The zero-order valence-electron chi connectivity index (χ0n) is 31.3. The molecule has 0 spiro atoms. The van der Waals surface area contributed by atoms with Gasteiger partial charge in [-0.3, -0.25) is 14.5 Å². The molecule has 3 aromatic carbocycles. The molecule has 3 aliphatic rings. The maximum atomic E-state index is 15.7. The number of aryl methyl sites for hydroxylation is 1. The van der Waals surface area contributed by atoms with E-state index >= 15 is 9.59 Å². The van der Waals surface area contributed by atoms with Crippen LogP contribution in [0.3, 0.4) is 0 Å². The second-order valence-corrected chi connectivity index (χ2v) is 20.8. The summed E-state index contributed by atoms with van der Waals surface area (Å²) in [4.78, 5) is 33.1. The minimum atomic E-state index is -2.85. The number of Topliss-reactive ketones (excluding diaryl/α,β-unsaturated/α-hetero) is 2. The molecule has 1 heterocycles. The van der Waals surface area contributed by atoms with Crippen molar-refractivity contribution in [2.24, 2.45) is 11.8 Å². The van der Waals surface area contributed by atoms with Crippen LogP contribution in [0.1, 0.15) is 71.6 Å². The molecule has 0 bridgehead atoms. The number of benzene rings is 3. The molecule has 1 aromatic heterocycles. The van der Waals surface area contributed by atoms with Crippen LogP contribution in [0.4, 0.5) is 0 Å². The summed E-state index contributed by atoms with van der Waals surface area (Å²) in [7, 11) is 0.968. The first-order valence-electron chi connectivity index (χ1n) is 18.0. The van der Waals surface area contributed by atoms with Crippen LogP contribution in [0.2, 0.25) is 18.1 Å². The summed E-state index contributed by atoms with van der Waals surface area (Å²) in [6.07, 6.45) is 2.51. The summed E-state index contributed by atoms with van der Waals surface area (Å²) in [6.45, 7) is 16.6. The number of ether oxygens (including phenoxy) is 2. The van der Waals surface area contributed by atoms with E-state index in [9.17, 15) is 5.11 Å². The lowest BCUT2D eigenvalue weighted by Crippen LogP contribution is -2.68. The minimum absolute atomic E-state index is 0.0285. The second kappa shape index (κ2) is 12.9. The number of hydrogen-bond donors (Lipinski definition) is 1. The van der Waals surface area contributed by atoms with Gasteiger partial charge in [0.1, 0.15) is 30.3 Å². The maximum absolute atomic E-state index is 15.7. The van der Waals surface area contributed by atoms with Crippen molar-refractivity contribution < 1.29 is 33.1 Å². The lowest BCUT2D eigenvalue weighted by atomic mass is 9.57. The number of aliphatic hydroxyl groups excluding tert-OH is 1. The van der Waals surface area contributed by atoms with Crippen LogP contribution in [0.15, 0.2) is 77.3 Å². The molecule has 9 nitrogen and oxygen atoms in total. The number of hydrogen-bond acceptors (Lipinski definition) is 9. The molecule has 4 atom stereocenters. The Morgan fingerprint density at radius 3 is 2.35 bits per heavy atom. The van der Waals surface area contributed by atoms with Crippen molar-refractivity contribution in [1.29, 1.82) is 0 Å². The Labute approximate surface area is 306 Å². The first-order valence-corrected chi connectivity index (χ1v) is 20.9. The van der Waals surface area contributed by atoms with E-state index in [1.165, 1.54) is 0 Å². The summed E-state index contributed by atoms with van der Waals surface area (Å²) < 4.78 is 25.8. The number of fused-ring (bicyclic) bond motifs is 5. The Hall–Kier alpha value is -4.51. The third kappa shape index (κ3) is 5.37. The molecular weight excluding hydrogens is 673 g/mol. The van der Waals surface area contributed by atoms with E-state index in [0.717, 1.165) is 27.5 Å². The standard InChI is InChI=1S/C42H48N2O7Si/c1-10-20-48-36-28-19-15-14-18-27(28)24(2)31-29(36)21-26-22-30-34(44(6)7)37-33(40(43-50-37)49-23-25-16-12-11-13-17-25)39(47)42(30,38(46)32(26)35(31)45)51-52(8,9)41(3,4)5/h10-19,26,30,34,45H,1,20-23H2,2-9H3/t26-,30-,34-,42-/m0/s1. The van der Waals surface area contributed by atoms with Crippen molar-refractivity contribution in [3.63, 3.8) is 0 Å². The summed E-state index contributed by atoms with van der Waals surface area (Å²) in [5.41, 5.74) is 1.55. The normalized spacial score (nSPS) is 22.9. The summed E-state index contributed by atoms with van der Waals surface area (Å²) >= 11 is 0. The molecule has 4 aromatic rings. The molecule has 1 N–H and O–H groups in total. The average Bonchev–Trinajstić information content (AvgIpc) is 3.51. The Kier molecular flexibility index (Phi) is 8.87. The van der Waals surface area contributed by atoms with Crippen molar-refractivity contribution in [1.82, 2.24) is 10.1 Å². The van der Waals surface area contributed by atoms with E-state index in [0.29, 0.717) is 29.9 Å². The van der Waals surface area contributed by atoms with Gasteiger partial charge < -0.3 is 23.5 Å². The van der Waals surface area contributed by atoms with Gasteiger partial charge in [0.05, 0.1) is 6.04 Å². The highest BCUT2D eigenvalue weighted by atomic mass is 28.4. The topological polar surface area (TPSA) is 111 Å². The Morgan fingerprint density at radius 1 is 1.02 bits per heavy atom. The van der Waals surface area contributed by atoms with E-state index in [-0.39, 0.29) is 41.0 Å². The molecule has 272 valence electrons. The van der Waals surface area contributed by atoms with Gasteiger partial charge in [-0.2, -0.15) is 0 Å². The number of nitrogens with zero attached hydrogens (tertiary/aromatic N) is 2. The van der Waals surface area contributed by atoms with Gasteiger partial charge in [-0.25, -0.2) is 0 Å². The molecule has 7 rings (SSSR count). The maximum Gasteiger partial charge on any atom is 0.265 e. The van der Waals surface area contributed by atoms with Crippen molar-refractivity contribution in [2.75, 3.05) is 20.7 Å². The molecule has 1 fully saturated rings. The highest BCUT2D eigenvalue weighted by Gasteiger charge is 2.69. The van der Waals surface area contributed by atoms with Crippen molar-refractivity contribution in [3.8, 4) is 11.6 Å². The molecule has 52 heavy (non-hydrogen) atoms. The third-order valence-corrected chi connectivity index (χ3v) is 16.2. The lowest BCUT2D eigenvalue weighted by Gasteiger charge is -2.55. The van der Waals surface area contributed by atoms with Crippen LogP contribution in [-0.2, 0) is 22.2 Å². The van der Waals surface area contributed by atoms with Gasteiger partial charge in [-0.15, -0.1) is 0 Å². The number of rotatable bonds is 9. The number of aromatic nitrogens is 1. The largest absolute Gasteiger partial charge is 0.507 e. The third-order valence-electron chi connectivity index (χ3n) is 11.8. The van der Waals surface area contributed by atoms with Crippen LogP contribution < -0.4 is 9.47 Å². The average molecular weight is 721 g/mol. The molecule has 0 unspecified atom stereocenters. The highest BCUT2D eigenvalue weighted by Crippen LogP contribution is 2.59. The van der Waals surface area contributed by atoms with Crippen molar-refractivity contribution in [3.05, 3.63) is 106 Å². The minimum Gasteiger partial charge on any atom is -0.507 e. The van der Waals surface area contributed by atoms with Crippen LogP contribution in [0.25, 0.3) is 16.5 Å². The Balaban J connectivity index is 1.46. The quantitative estimate of drug-likeness (QED) is 0.103. The first kappa shape index (κ1) is 35.9. The van der Waals surface area contributed by atoms with Crippen molar-refractivity contribution in [2.45, 2.75) is 76.9 Å². The highest BCUT2D eigenvalue weighted by molar-refractivity contribution is 6.74. The van der Waals surface area contributed by atoms with Crippen LogP contribution in [0.5, 0.6) is 11.6 Å². The second-order valence-electron chi connectivity index (χ2n) is 16.1. The molecular formula is C42H48N2O7Si. The molecule has 10 heteroatoms. The van der Waals surface area contributed by atoms with Crippen molar-refractivity contribution >= 4 is 36.4 Å². The molecule has 0 radical (unpaired) electrons. The van der Waals surface area contributed by atoms with Crippen LogP contribution in [0, 0.1) is 18.8 Å². The van der Waals surface area contributed by atoms with E-state index < -0.39 is 43.4 Å². The van der Waals surface area contributed by atoms with E-state index in [1.807, 2.05) is 80.5 Å². The van der Waals surface area contributed by atoms with Gasteiger partial charge >= 0.3 is 0 Å². The number of carbonyl (C=O) groups is 2. The number of carbonyl (C=O) groups excluding carboxylic acids is 2. The first-order chi connectivity index (χ1) is 24.6. The van der Waals surface area contributed by atoms with Gasteiger partial charge in [0.25, 0.3) is 5.88 Å². The molecule has 0 saturated heterocycles. The summed E-state index contributed by atoms with van der Waals surface area (Å²) in [6, 6.07) is 17.0. The van der Waals surface area contributed by atoms with E-state index in [2.05, 4.69) is 45.6 Å². The van der Waals surface area contributed by atoms with Gasteiger partial charge in [0.2, 0.25) is 11.6 Å². The fourth-order valence-corrected chi connectivity index (χ4v) is 9.76. The van der Waals surface area contributed by atoms with E-state index in [1.54, 1.807) is 6.08 Å². The smallest absolute Gasteiger partial charge is 0.265 e. The Morgan fingerprint density at radius 2 is 1.69 bits per heavy atom. The van der Waals surface area contributed by atoms with Gasteiger partial charge in [0, 0.05) is 28.0 Å². The SMILES string of the molecule is C=CCOc1c2c(c(C)c3ccccc13)C(O)=C1C(=O)[C@]3(O[Si](C)(C)C(C)(C)C)C(=O)c4c(OCc5ccccc5)noc4[C@@H](N(C)C)[C@@H]3C[C@@H]1C2. The monoisotopic (exact) mass is 720 g/mol. The molecule has 0 amide bonds. The van der Waals surface area contributed by atoms with Crippen LogP contribution >= 0.6 is 0 Å². The molecule has 3 aliphatic carbocycles. The number of aliphatic hydroxyl groups is 1. The zero-order valence-corrected chi connectivity index (χ0v) is 32.3. The van der Waals surface area contributed by atoms with Gasteiger partial charge in [-0.1, -0.05) is 88.0 Å². The lowest BCUT2D eigenvalue weighted by molar-refractivity contribution is -0.140. The molecule has 1 saturated carbocycles. The molecule has 0 aliphatic heterocycles. The number of ketones is 2. The van der Waals surface area contributed by atoms with Gasteiger partial charge in [0.15, 0.2) is 19.7 Å². The predicted octanol–water partition coefficient (Wildman–Crippen LogP) is 8.57. The predicted molar refractivity (Wildman–Crippen MR) is 203 cm³/mol. The fraction of sp³-hybridized carbons (Fsp3) is 0.405. The van der Waals surface area contributed by atoms with Crippen LogP contribution in [-0.4, -0.2) is 61.4 Å².